The molecule has 0 aromatic rings. The van der Waals surface area contributed by atoms with Crippen LogP contribution >= 0.6 is 24.0 Å². The molecule has 2 N–H and O–H groups in total. The van der Waals surface area contributed by atoms with Crippen molar-refractivity contribution in [3.63, 3.8) is 0 Å². The van der Waals surface area contributed by atoms with Crippen molar-refractivity contribution in [2.75, 3.05) is 52.4 Å². The van der Waals surface area contributed by atoms with E-state index < -0.39 is 0 Å². The lowest BCUT2D eigenvalue weighted by Crippen LogP contribution is -2.39. The van der Waals surface area contributed by atoms with Gasteiger partial charge in [0, 0.05) is 45.7 Å². The van der Waals surface area contributed by atoms with Crippen molar-refractivity contribution in [1.29, 1.82) is 0 Å². The fraction of sp³-hybridized carbons (Fsp3) is 0.895. The van der Waals surface area contributed by atoms with Crippen LogP contribution in [0.1, 0.15) is 52.4 Å². The molecular weight excluding hydrogens is 441 g/mol. The van der Waals surface area contributed by atoms with Crippen molar-refractivity contribution in [3.8, 4) is 0 Å². The first-order valence-electron chi connectivity index (χ1n) is 10.2. The number of likely N-dealkylation sites (tertiary alicyclic amines) is 2. The number of halogens is 1. The Balaban J connectivity index is 0.00000338. The molecule has 0 saturated carbocycles. The van der Waals surface area contributed by atoms with Gasteiger partial charge >= 0.3 is 0 Å². The van der Waals surface area contributed by atoms with Crippen LogP contribution in [0.5, 0.6) is 0 Å². The maximum atomic E-state index is 12.0. The summed E-state index contributed by atoms with van der Waals surface area (Å²) >= 11 is 0. The third kappa shape index (κ3) is 8.41. The Morgan fingerprint density at radius 1 is 1.19 bits per heavy atom. The molecule has 26 heavy (non-hydrogen) atoms. The summed E-state index contributed by atoms with van der Waals surface area (Å²) in [5.74, 6) is 1.93. The average molecular weight is 479 g/mol. The SMILES string of the molecule is CCNC(=NCC1CCN(CC)C1)NCCCN1CCCCCC1=O.I. The van der Waals surface area contributed by atoms with Gasteiger partial charge in [0.05, 0.1) is 0 Å². The summed E-state index contributed by atoms with van der Waals surface area (Å²) in [5.41, 5.74) is 0. The zero-order valence-electron chi connectivity index (χ0n) is 16.6. The van der Waals surface area contributed by atoms with Gasteiger partial charge in [-0.3, -0.25) is 9.79 Å². The molecule has 2 aliphatic rings. The number of aliphatic imine (C=N–C) groups is 1. The molecule has 1 atom stereocenters. The standard InChI is InChI=1S/C19H37N5O.HI/c1-3-20-19(22-15-17-10-14-23(4-2)16-17)21-11-8-13-24-12-7-5-6-9-18(24)25;/h17H,3-16H2,1-2H3,(H2,20,21,22);1H. The molecule has 0 bridgehead atoms. The molecule has 0 aromatic carbocycles. The van der Waals surface area contributed by atoms with E-state index in [4.69, 9.17) is 4.99 Å². The number of nitrogens with one attached hydrogen (secondary N) is 2. The monoisotopic (exact) mass is 479 g/mol. The first-order valence-corrected chi connectivity index (χ1v) is 10.2. The second kappa shape index (κ2) is 13.6. The van der Waals surface area contributed by atoms with Crippen molar-refractivity contribution >= 4 is 35.8 Å². The number of nitrogens with zero attached hydrogens (tertiary/aromatic N) is 3. The van der Waals surface area contributed by atoms with Gasteiger partial charge in [0.1, 0.15) is 0 Å². The van der Waals surface area contributed by atoms with Gasteiger partial charge in [0.25, 0.3) is 0 Å². The van der Waals surface area contributed by atoms with Crippen LogP contribution in [-0.4, -0.2) is 74.0 Å². The van der Waals surface area contributed by atoms with E-state index in [1.807, 2.05) is 4.90 Å². The largest absolute Gasteiger partial charge is 0.357 e. The summed E-state index contributed by atoms with van der Waals surface area (Å²) in [6.07, 6.45) is 6.36. The Labute approximate surface area is 176 Å². The molecule has 0 spiro atoms. The highest BCUT2D eigenvalue weighted by Gasteiger charge is 2.20. The topological polar surface area (TPSA) is 60.0 Å². The molecule has 0 aliphatic carbocycles. The molecule has 2 aliphatic heterocycles. The molecule has 152 valence electrons. The minimum atomic E-state index is 0. The highest BCUT2D eigenvalue weighted by molar-refractivity contribution is 14.0. The van der Waals surface area contributed by atoms with Crippen LogP contribution in [0.2, 0.25) is 0 Å². The summed E-state index contributed by atoms with van der Waals surface area (Å²) in [5, 5.41) is 6.76. The molecule has 2 fully saturated rings. The Bertz CT molecular complexity index is 432. The van der Waals surface area contributed by atoms with Gasteiger partial charge in [0.2, 0.25) is 5.91 Å². The fourth-order valence-corrected chi connectivity index (χ4v) is 3.66. The molecule has 2 saturated heterocycles. The number of carbonyl (C=O) groups is 1. The Morgan fingerprint density at radius 3 is 2.77 bits per heavy atom. The highest BCUT2D eigenvalue weighted by Crippen LogP contribution is 2.15. The molecular formula is C19H38IN5O. The summed E-state index contributed by atoms with van der Waals surface area (Å²) in [4.78, 5) is 21.3. The van der Waals surface area contributed by atoms with Crippen LogP contribution in [-0.2, 0) is 4.79 Å². The summed E-state index contributed by atoms with van der Waals surface area (Å²) in [6, 6.07) is 0. The van der Waals surface area contributed by atoms with E-state index in [-0.39, 0.29) is 24.0 Å². The normalized spacial score (nSPS) is 22.1. The Hall–Kier alpha value is -0.570. The number of carbonyl (C=O) groups excluding carboxylic acids is 1. The van der Waals surface area contributed by atoms with Gasteiger partial charge in [-0.25, -0.2) is 0 Å². The van der Waals surface area contributed by atoms with E-state index in [0.717, 1.165) is 70.9 Å². The van der Waals surface area contributed by atoms with Crippen molar-refractivity contribution < 1.29 is 4.79 Å². The molecule has 0 radical (unpaired) electrons. The van der Waals surface area contributed by atoms with Gasteiger partial charge in [0.15, 0.2) is 5.96 Å². The predicted octanol–water partition coefficient (Wildman–Crippen LogP) is 2.29. The molecule has 7 heteroatoms. The number of hydrogen-bond acceptors (Lipinski definition) is 3. The zero-order chi connectivity index (χ0) is 17.9. The minimum Gasteiger partial charge on any atom is -0.357 e. The van der Waals surface area contributed by atoms with E-state index in [1.165, 1.54) is 25.9 Å². The van der Waals surface area contributed by atoms with Crippen LogP contribution in [0.4, 0.5) is 0 Å². The zero-order valence-corrected chi connectivity index (χ0v) is 19.0. The van der Waals surface area contributed by atoms with E-state index in [1.54, 1.807) is 0 Å². The van der Waals surface area contributed by atoms with E-state index in [0.29, 0.717) is 11.8 Å². The lowest BCUT2D eigenvalue weighted by atomic mass is 10.1. The van der Waals surface area contributed by atoms with Gasteiger partial charge in [-0.2, -0.15) is 0 Å². The van der Waals surface area contributed by atoms with Crippen LogP contribution < -0.4 is 10.6 Å². The van der Waals surface area contributed by atoms with Gasteiger partial charge in [-0.15, -0.1) is 24.0 Å². The third-order valence-electron chi connectivity index (χ3n) is 5.24. The van der Waals surface area contributed by atoms with Crippen molar-refractivity contribution in [1.82, 2.24) is 20.4 Å². The lowest BCUT2D eigenvalue weighted by Gasteiger charge is -2.21. The minimum absolute atomic E-state index is 0. The number of amides is 1. The summed E-state index contributed by atoms with van der Waals surface area (Å²) in [6.45, 7) is 12.3. The maximum absolute atomic E-state index is 12.0. The molecule has 0 aromatic heterocycles. The first-order chi connectivity index (χ1) is 12.2. The van der Waals surface area contributed by atoms with Crippen LogP contribution in [0.3, 0.4) is 0 Å². The third-order valence-corrected chi connectivity index (χ3v) is 5.24. The second-order valence-electron chi connectivity index (χ2n) is 7.24. The fourth-order valence-electron chi connectivity index (χ4n) is 3.66. The first kappa shape index (κ1) is 23.5. The van der Waals surface area contributed by atoms with Crippen molar-refractivity contribution in [3.05, 3.63) is 0 Å². The number of rotatable bonds is 8. The van der Waals surface area contributed by atoms with Gasteiger partial charge in [-0.1, -0.05) is 13.3 Å². The Morgan fingerprint density at radius 2 is 2.04 bits per heavy atom. The Kier molecular flexibility index (Phi) is 12.3. The summed E-state index contributed by atoms with van der Waals surface area (Å²) in [7, 11) is 0. The maximum Gasteiger partial charge on any atom is 0.222 e. The molecule has 1 unspecified atom stereocenters. The van der Waals surface area contributed by atoms with E-state index in [9.17, 15) is 4.79 Å². The quantitative estimate of drug-likeness (QED) is 0.243. The van der Waals surface area contributed by atoms with E-state index in [2.05, 4.69) is 29.4 Å². The lowest BCUT2D eigenvalue weighted by molar-refractivity contribution is -0.130. The smallest absolute Gasteiger partial charge is 0.222 e. The number of hydrogen-bond donors (Lipinski definition) is 2. The van der Waals surface area contributed by atoms with Crippen molar-refractivity contribution in [2.24, 2.45) is 10.9 Å². The van der Waals surface area contributed by atoms with Crippen molar-refractivity contribution in [2.45, 2.75) is 52.4 Å². The molecule has 2 heterocycles. The van der Waals surface area contributed by atoms with E-state index >= 15 is 0 Å². The van der Waals surface area contributed by atoms with Gasteiger partial charge < -0.3 is 20.4 Å². The van der Waals surface area contributed by atoms with Gasteiger partial charge in [-0.05, 0) is 51.6 Å². The van der Waals surface area contributed by atoms with Crippen LogP contribution in [0.25, 0.3) is 0 Å². The molecule has 2 rings (SSSR count). The average Bonchev–Trinajstić information content (AvgIpc) is 2.99. The second-order valence-corrected chi connectivity index (χ2v) is 7.24. The summed E-state index contributed by atoms with van der Waals surface area (Å²) < 4.78 is 0. The molecule has 6 nitrogen and oxygen atoms in total. The van der Waals surface area contributed by atoms with Crippen LogP contribution in [0.15, 0.2) is 4.99 Å². The highest BCUT2D eigenvalue weighted by atomic mass is 127. The predicted molar refractivity (Wildman–Crippen MR) is 119 cm³/mol. The van der Waals surface area contributed by atoms with Crippen LogP contribution in [0, 0.1) is 5.92 Å². The number of guanidine groups is 1. The molecule has 1 amide bonds.